The van der Waals surface area contributed by atoms with Gasteiger partial charge in [-0.2, -0.15) is 0 Å². The Morgan fingerprint density at radius 2 is 2.26 bits per heavy atom. The maximum atomic E-state index is 12.5. The first kappa shape index (κ1) is 16.5. The Bertz CT molecular complexity index is 698. The number of amides is 1. The van der Waals surface area contributed by atoms with E-state index in [4.69, 9.17) is 9.15 Å². The maximum Gasteiger partial charge on any atom is 0.289 e. The Morgan fingerprint density at radius 3 is 2.91 bits per heavy atom. The second kappa shape index (κ2) is 5.92. The zero-order chi connectivity index (χ0) is 16.7. The number of likely N-dealkylation sites (tertiary alicyclic amines) is 1. The highest BCUT2D eigenvalue weighted by atomic mass is 32.2. The number of hydrogen-bond donors (Lipinski definition) is 1. The molecular formula is C15H22N2O5S. The highest BCUT2D eigenvalue weighted by molar-refractivity contribution is 7.88. The number of nitrogens with zero attached hydrogens (tertiary/aromatic N) is 1. The molecule has 1 aromatic heterocycles. The van der Waals surface area contributed by atoms with Crippen LogP contribution in [-0.4, -0.2) is 56.8 Å². The van der Waals surface area contributed by atoms with Crippen LogP contribution in [0.1, 0.15) is 35.4 Å². The molecule has 23 heavy (non-hydrogen) atoms. The van der Waals surface area contributed by atoms with Gasteiger partial charge in [0, 0.05) is 24.8 Å². The van der Waals surface area contributed by atoms with E-state index in [1.165, 1.54) is 12.5 Å². The second-order valence-corrected chi connectivity index (χ2v) is 8.30. The van der Waals surface area contributed by atoms with Gasteiger partial charge in [-0.1, -0.05) is 0 Å². The Balaban J connectivity index is 1.68. The highest BCUT2D eigenvalue weighted by Gasteiger charge is 2.45. The van der Waals surface area contributed by atoms with Crippen LogP contribution in [0, 0.1) is 6.92 Å². The summed E-state index contributed by atoms with van der Waals surface area (Å²) in [7, 11) is -3.24. The van der Waals surface area contributed by atoms with E-state index in [2.05, 4.69) is 4.72 Å². The first-order valence-corrected chi connectivity index (χ1v) is 9.62. The SMILES string of the molecule is Cc1ccoc1C(=O)N1CC[C@@]2(C[C@@H](NS(C)(=O)=O)CCO2)C1. The maximum absolute atomic E-state index is 12.5. The van der Waals surface area contributed by atoms with Crippen LogP contribution in [0.3, 0.4) is 0 Å². The van der Waals surface area contributed by atoms with Crippen LogP contribution >= 0.6 is 0 Å². The summed E-state index contributed by atoms with van der Waals surface area (Å²) < 4.78 is 36.8. The first-order chi connectivity index (χ1) is 10.8. The normalized spacial score (nSPS) is 28.4. The second-order valence-electron chi connectivity index (χ2n) is 6.52. The van der Waals surface area contributed by atoms with Gasteiger partial charge in [-0.3, -0.25) is 4.79 Å². The Kier molecular flexibility index (Phi) is 4.24. The fraction of sp³-hybridized carbons (Fsp3) is 0.667. The summed E-state index contributed by atoms with van der Waals surface area (Å²) in [6.07, 6.45) is 4.62. The lowest BCUT2D eigenvalue weighted by molar-refractivity contribution is -0.0763. The van der Waals surface area contributed by atoms with Crippen molar-refractivity contribution in [2.24, 2.45) is 0 Å². The number of aryl methyl sites for hydroxylation is 1. The summed E-state index contributed by atoms with van der Waals surface area (Å²) in [5, 5.41) is 0. The summed E-state index contributed by atoms with van der Waals surface area (Å²) in [4.78, 5) is 14.3. The molecule has 2 atom stereocenters. The monoisotopic (exact) mass is 342 g/mol. The van der Waals surface area contributed by atoms with Gasteiger partial charge in [0.25, 0.3) is 5.91 Å². The Morgan fingerprint density at radius 1 is 1.48 bits per heavy atom. The van der Waals surface area contributed by atoms with Crippen LogP contribution in [-0.2, 0) is 14.8 Å². The lowest BCUT2D eigenvalue weighted by Crippen LogP contribution is -2.50. The molecule has 7 nitrogen and oxygen atoms in total. The molecule has 2 saturated heterocycles. The average Bonchev–Trinajstić information content (AvgIpc) is 3.03. The van der Waals surface area contributed by atoms with Crippen LogP contribution in [0.2, 0.25) is 0 Å². The molecule has 2 fully saturated rings. The molecule has 0 unspecified atom stereocenters. The summed E-state index contributed by atoms with van der Waals surface area (Å²) >= 11 is 0. The van der Waals surface area contributed by atoms with Gasteiger partial charge >= 0.3 is 0 Å². The van der Waals surface area contributed by atoms with Gasteiger partial charge in [0.2, 0.25) is 10.0 Å². The van der Waals surface area contributed by atoms with Crippen LogP contribution < -0.4 is 4.72 Å². The number of furan rings is 1. The van der Waals surface area contributed by atoms with Crippen molar-refractivity contribution >= 4 is 15.9 Å². The van der Waals surface area contributed by atoms with E-state index >= 15 is 0 Å². The van der Waals surface area contributed by atoms with Crippen molar-refractivity contribution in [3.63, 3.8) is 0 Å². The molecule has 1 aromatic rings. The molecule has 0 saturated carbocycles. The van der Waals surface area contributed by atoms with Crippen molar-refractivity contribution < 1.29 is 22.4 Å². The van der Waals surface area contributed by atoms with Gasteiger partial charge in [0.1, 0.15) is 0 Å². The van der Waals surface area contributed by atoms with E-state index in [-0.39, 0.29) is 11.9 Å². The number of carbonyl (C=O) groups is 1. The first-order valence-electron chi connectivity index (χ1n) is 7.73. The minimum atomic E-state index is -3.24. The molecule has 3 rings (SSSR count). The van der Waals surface area contributed by atoms with Crippen molar-refractivity contribution in [3.8, 4) is 0 Å². The minimum Gasteiger partial charge on any atom is -0.459 e. The zero-order valence-electron chi connectivity index (χ0n) is 13.4. The van der Waals surface area contributed by atoms with Crippen LogP contribution in [0.15, 0.2) is 16.7 Å². The van der Waals surface area contributed by atoms with E-state index in [0.29, 0.717) is 44.7 Å². The molecule has 0 radical (unpaired) electrons. The van der Waals surface area contributed by atoms with Crippen molar-refractivity contribution in [2.75, 3.05) is 26.0 Å². The fourth-order valence-corrected chi connectivity index (χ4v) is 4.28. The minimum absolute atomic E-state index is 0.133. The summed E-state index contributed by atoms with van der Waals surface area (Å²) in [5.74, 6) is 0.231. The number of rotatable bonds is 3. The number of nitrogens with one attached hydrogen (secondary N) is 1. The van der Waals surface area contributed by atoms with Gasteiger partial charge in [-0.15, -0.1) is 0 Å². The molecule has 3 heterocycles. The average molecular weight is 342 g/mol. The molecule has 1 N–H and O–H groups in total. The smallest absolute Gasteiger partial charge is 0.289 e. The number of ether oxygens (including phenoxy) is 1. The van der Waals surface area contributed by atoms with E-state index < -0.39 is 15.6 Å². The van der Waals surface area contributed by atoms with E-state index in [1.54, 1.807) is 11.0 Å². The number of carbonyl (C=O) groups excluding carboxylic acids is 1. The van der Waals surface area contributed by atoms with Crippen molar-refractivity contribution in [1.82, 2.24) is 9.62 Å². The van der Waals surface area contributed by atoms with Crippen molar-refractivity contribution in [1.29, 1.82) is 0 Å². The largest absolute Gasteiger partial charge is 0.459 e. The van der Waals surface area contributed by atoms with Gasteiger partial charge < -0.3 is 14.1 Å². The van der Waals surface area contributed by atoms with Gasteiger partial charge in [-0.05, 0) is 32.3 Å². The Hall–Kier alpha value is -1.38. The number of hydrogen-bond acceptors (Lipinski definition) is 5. The standard InChI is InChI=1S/C15H22N2O5S/c1-11-3-7-21-13(11)14(18)17-6-5-15(10-17)9-12(4-8-22-15)16-23(2,19)20/h3,7,12,16H,4-6,8-10H2,1-2H3/t12-,15+/m0/s1. The molecule has 128 valence electrons. The predicted octanol–water partition coefficient (Wildman–Crippen LogP) is 0.901. The lowest BCUT2D eigenvalue weighted by Gasteiger charge is -2.38. The van der Waals surface area contributed by atoms with Crippen molar-refractivity contribution in [3.05, 3.63) is 23.7 Å². The van der Waals surface area contributed by atoms with Gasteiger partial charge in [0.15, 0.2) is 5.76 Å². The molecule has 0 aliphatic carbocycles. The van der Waals surface area contributed by atoms with E-state index in [1.807, 2.05) is 6.92 Å². The fourth-order valence-electron chi connectivity index (χ4n) is 3.47. The third-order valence-electron chi connectivity index (χ3n) is 4.53. The van der Waals surface area contributed by atoms with E-state index in [9.17, 15) is 13.2 Å². The molecular weight excluding hydrogens is 320 g/mol. The molecule has 2 aliphatic rings. The van der Waals surface area contributed by atoms with Crippen LogP contribution in [0.25, 0.3) is 0 Å². The summed E-state index contributed by atoms with van der Waals surface area (Å²) in [6, 6.07) is 1.63. The third kappa shape index (κ3) is 3.59. The van der Waals surface area contributed by atoms with Crippen LogP contribution in [0.4, 0.5) is 0 Å². The predicted molar refractivity (Wildman–Crippen MR) is 83.7 cm³/mol. The van der Waals surface area contributed by atoms with Gasteiger partial charge in [-0.25, -0.2) is 13.1 Å². The number of sulfonamides is 1. The molecule has 1 spiro atoms. The molecule has 8 heteroatoms. The summed E-state index contributed by atoms with van der Waals surface area (Å²) in [5.41, 5.74) is 0.355. The zero-order valence-corrected chi connectivity index (χ0v) is 14.2. The molecule has 2 aliphatic heterocycles. The quantitative estimate of drug-likeness (QED) is 0.882. The molecule has 1 amide bonds. The highest BCUT2D eigenvalue weighted by Crippen LogP contribution is 2.35. The molecule has 0 bridgehead atoms. The summed E-state index contributed by atoms with van der Waals surface area (Å²) in [6.45, 7) is 3.39. The Labute approximate surface area is 136 Å². The van der Waals surface area contributed by atoms with E-state index in [0.717, 1.165) is 5.56 Å². The third-order valence-corrected chi connectivity index (χ3v) is 5.30. The topological polar surface area (TPSA) is 88.9 Å². The lowest BCUT2D eigenvalue weighted by atomic mass is 9.90. The van der Waals surface area contributed by atoms with Crippen molar-refractivity contribution in [2.45, 2.75) is 37.8 Å². The van der Waals surface area contributed by atoms with Crippen LogP contribution in [0.5, 0.6) is 0 Å². The molecule has 0 aromatic carbocycles. The van der Waals surface area contributed by atoms with Gasteiger partial charge in [0.05, 0.1) is 24.7 Å².